The monoisotopic (exact) mass is 254 g/mol. The van der Waals surface area contributed by atoms with Crippen LogP contribution < -0.4 is 0 Å². The van der Waals surface area contributed by atoms with E-state index < -0.39 is 17.7 Å². The van der Waals surface area contributed by atoms with Crippen molar-refractivity contribution in [1.29, 1.82) is 0 Å². The van der Waals surface area contributed by atoms with Crippen LogP contribution in [0.5, 0.6) is 0 Å². The molecule has 4 nitrogen and oxygen atoms in total. The lowest BCUT2D eigenvalue weighted by Crippen LogP contribution is -2.29. The molecule has 1 atom stereocenters. The molecule has 1 aliphatic heterocycles. The third kappa shape index (κ3) is 2.18. The van der Waals surface area contributed by atoms with Crippen molar-refractivity contribution in [3.8, 4) is 0 Å². The van der Waals surface area contributed by atoms with E-state index in [0.29, 0.717) is 0 Å². The van der Waals surface area contributed by atoms with E-state index in [-0.39, 0.29) is 23.6 Å². The summed E-state index contributed by atoms with van der Waals surface area (Å²) in [6.45, 7) is 0. The van der Waals surface area contributed by atoms with Crippen molar-refractivity contribution in [1.82, 2.24) is 4.90 Å². The first-order valence-corrected chi connectivity index (χ1v) is 5.39. The number of halogens is 2. The molecule has 0 spiro atoms. The lowest BCUT2D eigenvalue weighted by atomic mass is 10.0. The highest BCUT2D eigenvalue weighted by Gasteiger charge is 2.31. The van der Waals surface area contributed by atoms with Crippen molar-refractivity contribution in [3.05, 3.63) is 35.4 Å². The maximum atomic E-state index is 13.5. The summed E-state index contributed by atoms with van der Waals surface area (Å²) in [6.07, 6.45) is -0.820. The number of carbonyl (C=O) groups is 1. The van der Waals surface area contributed by atoms with E-state index in [9.17, 15) is 13.6 Å². The van der Waals surface area contributed by atoms with Crippen molar-refractivity contribution in [2.24, 2.45) is 5.16 Å². The molecule has 1 aromatic carbocycles. The highest BCUT2D eigenvalue weighted by molar-refractivity contribution is 6.38. The number of oxime groups is 1. The molecule has 0 aliphatic carbocycles. The quantitative estimate of drug-likeness (QED) is 0.808. The fourth-order valence-electron chi connectivity index (χ4n) is 1.73. The van der Waals surface area contributed by atoms with Gasteiger partial charge in [-0.1, -0.05) is 11.2 Å². The minimum absolute atomic E-state index is 0.0644. The summed E-state index contributed by atoms with van der Waals surface area (Å²) >= 11 is 0. The molecule has 0 saturated heterocycles. The van der Waals surface area contributed by atoms with Gasteiger partial charge >= 0.3 is 0 Å². The van der Waals surface area contributed by atoms with Gasteiger partial charge in [0.25, 0.3) is 5.91 Å². The number of rotatable bonds is 2. The zero-order valence-corrected chi connectivity index (χ0v) is 9.98. The summed E-state index contributed by atoms with van der Waals surface area (Å²) < 4.78 is 27.0. The zero-order valence-electron chi connectivity index (χ0n) is 9.98. The number of hydrogen-bond donors (Lipinski definition) is 0. The molecule has 6 heteroatoms. The first kappa shape index (κ1) is 12.5. The van der Waals surface area contributed by atoms with Crippen molar-refractivity contribution in [2.75, 3.05) is 14.1 Å². The predicted octanol–water partition coefficient (Wildman–Crippen LogP) is 1.87. The normalized spacial score (nSPS) is 18.2. The standard InChI is InChI=1S/C12H12F2N2O2/c1-16(2)12(17)9-6-10(18-15-9)11-7(13)4-3-5-8(11)14/h3-5,10H,6H2,1-2H3. The minimum Gasteiger partial charge on any atom is -0.387 e. The summed E-state index contributed by atoms with van der Waals surface area (Å²) in [5.41, 5.74) is -0.0320. The molecule has 0 saturated carbocycles. The van der Waals surface area contributed by atoms with Crippen LogP contribution in [0.1, 0.15) is 18.1 Å². The smallest absolute Gasteiger partial charge is 0.271 e. The Morgan fingerprint density at radius 2 is 2.00 bits per heavy atom. The van der Waals surface area contributed by atoms with Gasteiger partial charge in [-0.2, -0.15) is 0 Å². The molecule has 1 unspecified atom stereocenters. The summed E-state index contributed by atoms with van der Waals surface area (Å²) in [7, 11) is 3.14. The first-order chi connectivity index (χ1) is 8.50. The number of carbonyl (C=O) groups excluding carboxylic acids is 1. The molecule has 0 N–H and O–H groups in total. The fraction of sp³-hybridized carbons (Fsp3) is 0.333. The Labute approximate surface area is 103 Å². The molecular formula is C12H12F2N2O2. The van der Waals surface area contributed by atoms with Crippen LogP contribution in [0.25, 0.3) is 0 Å². The molecule has 0 radical (unpaired) electrons. The molecule has 0 bridgehead atoms. The summed E-state index contributed by atoms with van der Waals surface area (Å²) in [6, 6.07) is 3.57. The predicted molar refractivity (Wildman–Crippen MR) is 60.9 cm³/mol. The van der Waals surface area contributed by atoms with E-state index in [4.69, 9.17) is 4.84 Å². The van der Waals surface area contributed by atoms with Gasteiger partial charge in [-0.3, -0.25) is 4.79 Å². The van der Waals surface area contributed by atoms with Crippen LogP contribution in [-0.2, 0) is 9.63 Å². The van der Waals surface area contributed by atoms with Crippen LogP contribution in [0.4, 0.5) is 8.78 Å². The van der Waals surface area contributed by atoms with Crippen molar-refractivity contribution < 1.29 is 18.4 Å². The van der Waals surface area contributed by atoms with Gasteiger partial charge in [0.2, 0.25) is 0 Å². The molecule has 0 fully saturated rings. The Bertz CT molecular complexity index is 495. The van der Waals surface area contributed by atoms with Crippen molar-refractivity contribution in [2.45, 2.75) is 12.5 Å². The van der Waals surface area contributed by atoms with E-state index in [1.807, 2.05) is 0 Å². The number of hydrogen-bond acceptors (Lipinski definition) is 3. The van der Waals surface area contributed by atoms with Gasteiger partial charge in [-0.25, -0.2) is 8.78 Å². The lowest BCUT2D eigenvalue weighted by molar-refractivity contribution is -0.121. The highest BCUT2D eigenvalue weighted by atomic mass is 19.1. The topological polar surface area (TPSA) is 41.9 Å². The second kappa shape index (κ2) is 4.72. The average molecular weight is 254 g/mol. The highest BCUT2D eigenvalue weighted by Crippen LogP contribution is 2.31. The Morgan fingerprint density at radius 1 is 1.39 bits per heavy atom. The number of nitrogens with zero attached hydrogens (tertiary/aromatic N) is 2. The number of amides is 1. The van der Waals surface area contributed by atoms with Crippen LogP contribution in [-0.4, -0.2) is 30.6 Å². The van der Waals surface area contributed by atoms with Gasteiger partial charge < -0.3 is 9.74 Å². The van der Waals surface area contributed by atoms with E-state index >= 15 is 0 Å². The Kier molecular flexibility index (Phi) is 3.27. The van der Waals surface area contributed by atoms with Gasteiger partial charge in [0.1, 0.15) is 17.3 Å². The molecule has 1 aromatic rings. The maximum absolute atomic E-state index is 13.5. The third-order valence-corrected chi connectivity index (χ3v) is 2.64. The second-order valence-electron chi connectivity index (χ2n) is 4.17. The van der Waals surface area contributed by atoms with Crippen LogP contribution in [0.15, 0.2) is 23.4 Å². The van der Waals surface area contributed by atoms with Crippen LogP contribution in [0.3, 0.4) is 0 Å². The van der Waals surface area contributed by atoms with Gasteiger partial charge in [0.15, 0.2) is 6.10 Å². The maximum Gasteiger partial charge on any atom is 0.271 e. The van der Waals surface area contributed by atoms with Crippen molar-refractivity contribution >= 4 is 11.6 Å². The Morgan fingerprint density at radius 3 is 2.56 bits per heavy atom. The van der Waals surface area contributed by atoms with E-state index in [2.05, 4.69) is 5.16 Å². The largest absolute Gasteiger partial charge is 0.387 e. The van der Waals surface area contributed by atoms with E-state index in [1.54, 1.807) is 14.1 Å². The first-order valence-electron chi connectivity index (χ1n) is 5.39. The van der Waals surface area contributed by atoms with Crippen LogP contribution in [0.2, 0.25) is 0 Å². The number of benzene rings is 1. The molecule has 2 rings (SSSR count). The van der Waals surface area contributed by atoms with Gasteiger partial charge in [0, 0.05) is 20.5 Å². The van der Waals surface area contributed by atoms with Gasteiger partial charge in [-0.05, 0) is 12.1 Å². The molecule has 1 heterocycles. The van der Waals surface area contributed by atoms with Crippen LogP contribution >= 0.6 is 0 Å². The zero-order chi connectivity index (χ0) is 13.3. The molecule has 0 aromatic heterocycles. The Hall–Kier alpha value is -1.98. The molecule has 18 heavy (non-hydrogen) atoms. The second-order valence-corrected chi connectivity index (χ2v) is 4.17. The van der Waals surface area contributed by atoms with Crippen LogP contribution in [0, 0.1) is 11.6 Å². The summed E-state index contributed by atoms with van der Waals surface area (Å²) in [5.74, 6) is -1.73. The fourth-order valence-corrected chi connectivity index (χ4v) is 1.73. The van der Waals surface area contributed by atoms with E-state index in [0.717, 1.165) is 12.1 Å². The van der Waals surface area contributed by atoms with E-state index in [1.165, 1.54) is 11.0 Å². The van der Waals surface area contributed by atoms with Gasteiger partial charge in [-0.15, -0.1) is 0 Å². The third-order valence-electron chi connectivity index (χ3n) is 2.64. The lowest BCUT2D eigenvalue weighted by Gasteiger charge is -2.11. The molecule has 96 valence electrons. The minimum atomic E-state index is -0.884. The molecule has 1 amide bonds. The SMILES string of the molecule is CN(C)C(=O)C1=NOC(c2c(F)cccc2F)C1. The molecule has 1 aliphatic rings. The molecular weight excluding hydrogens is 242 g/mol. The Balaban J connectivity index is 2.19. The summed E-state index contributed by atoms with van der Waals surface area (Å²) in [5, 5.41) is 3.59. The van der Waals surface area contributed by atoms with Gasteiger partial charge in [0.05, 0.1) is 5.56 Å². The van der Waals surface area contributed by atoms with Crippen molar-refractivity contribution in [3.63, 3.8) is 0 Å². The summed E-state index contributed by atoms with van der Waals surface area (Å²) in [4.78, 5) is 17.9. The average Bonchev–Trinajstić information content (AvgIpc) is 2.77.